The zero-order valence-corrected chi connectivity index (χ0v) is 8.20. The highest BCUT2D eigenvalue weighted by atomic mass is 16.3. The summed E-state index contributed by atoms with van der Waals surface area (Å²) in [5.41, 5.74) is 3.11. The average Bonchev–Trinajstić information content (AvgIpc) is 2.27. The van der Waals surface area contributed by atoms with Crippen LogP contribution in [0.4, 0.5) is 0 Å². The second-order valence-electron chi connectivity index (χ2n) is 3.34. The zero-order valence-electron chi connectivity index (χ0n) is 8.20. The predicted octanol–water partition coefficient (Wildman–Crippen LogP) is 2.29. The number of aryl methyl sites for hydroxylation is 1. The number of nitrogens with zero attached hydrogens (tertiary/aromatic N) is 1. The Labute approximate surface area is 83.2 Å². The lowest BCUT2D eigenvalue weighted by atomic mass is 10.1. The van der Waals surface area contributed by atoms with E-state index in [-0.39, 0.29) is 6.61 Å². The fraction of sp³-hybridized carbons (Fsp3) is 0.250. The van der Waals surface area contributed by atoms with Crippen LogP contribution in [-0.2, 0) is 13.0 Å². The highest BCUT2D eigenvalue weighted by Crippen LogP contribution is 2.18. The molecule has 14 heavy (non-hydrogen) atoms. The molecule has 1 aromatic heterocycles. The predicted molar refractivity (Wildman–Crippen MR) is 57.0 cm³/mol. The van der Waals surface area contributed by atoms with E-state index in [1.165, 1.54) is 5.56 Å². The molecule has 0 aliphatic rings. The maximum atomic E-state index is 9.17. The fourth-order valence-electron chi connectivity index (χ4n) is 1.59. The summed E-state index contributed by atoms with van der Waals surface area (Å²) in [6.45, 7) is 2.18. The number of pyridine rings is 1. The molecule has 0 aliphatic carbocycles. The molecule has 0 radical (unpaired) electrons. The molecule has 0 unspecified atom stereocenters. The molecular formula is C12H13NO. The lowest BCUT2D eigenvalue weighted by Crippen LogP contribution is -1.90. The van der Waals surface area contributed by atoms with Gasteiger partial charge in [0.15, 0.2) is 0 Å². The van der Waals surface area contributed by atoms with Gasteiger partial charge in [0.25, 0.3) is 0 Å². The van der Waals surface area contributed by atoms with E-state index < -0.39 is 0 Å². The average molecular weight is 187 g/mol. The molecule has 1 heterocycles. The van der Waals surface area contributed by atoms with E-state index >= 15 is 0 Å². The van der Waals surface area contributed by atoms with Crippen molar-refractivity contribution >= 4 is 10.9 Å². The number of aliphatic hydroxyl groups excluding tert-OH is 1. The molecular weight excluding hydrogens is 174 g/mol. The monoisotopic (exact) mass is 187 g/mol. The molecule has 0 spiro atoms. The molecule has 0 atom stereocenters. The van der Waals surface area contributed by atoms with Crippen LogP contribution in [0.2, 0.25) is 0 Å². The summed E-state index contributed by atoms with van der Waals surface area (Å²) in [7, 11) is 0. The van der Waals surface area contributed by atoms with Crippen molar-refractivity contribution < 1.29 is 5.11 Å². The Morgan fingerprint density at radius 2 is 2.21 bits per heavy atom. The van der Waals surface area contributed by atoms with Gasteiger partial charge in [0, 0.05) is 11.6 Å². The first-order valence-electron chi connectivity index (χ1n) is 4.82. The van der Waals surface area contributed by atoms with E-state index in [1.54, 1.807) is 0 Å². The molecule has 2 aromatic rings. The summed E-state index contributed by atoms with van der Waals surface area (Å²) >= 11 is 0. The number of aliphatic hydroxyl groups is 1. The quantitative estimate of drug-likeness (QED) is 0.782. The summed E-state index contributed by atoms with van der Waals surface area (Å²) in [5, 5.41) is 10.2. The second-order valence-corrected chi connectivity index (χ2v) is 3.34. The Balaban J connectivity index is 2.70. The third-order valence-electron chi connectivity index (χ3n) is 2.45. The van der Waals surface area contributed by atoms with E-state index in [0.29, 0.717) is 0 Å². The van der Waals surface area contributed by atoms with Crippen LogP contribution in [0.15, 0.2) is 30.5 Å². The molecule has 0 bridgehead atoms. The van der Waals surface area contributed by atoms with Crippen molar-refractivity contribution in [1.82, 2.24) is 4.98 Å². The topological polar surface area (TPSA) is 33.1 Å². The Morgan fingerprint density at radius 3 is 2.93 bits per heavy atom. The standard InChI is InChI=1S/C12H13NO/c1-2-9-6-11-10(8-14)4-3-5-12(11)13-7-9/h3-7,14H,2,8H2,1H3. The van der Waals surface area contributed by atoms with Gasteiger partial charge in [-0.2, -0.15) is 0 Å². The van der Waals surface area contributed by atoms with Gasteiger partial charge >= 0.3 is 0 Å². The first-order valence-corrected chi connectivity index (χ1v) is 4.82. The molecule has 0 fully saturated rings. The highest BCUT2D eigenvalue weighted by molar-refractivity contribution is 5.82. The molecule has 1 N–H and O–H groups in total. The summed E-state index contributed by atoms with van der Waals surface area (Å²) in [6, 6.07) is 7.93. The first kappa shape index (κ1) is 9.16. The van der Waals surface area contributed by atoms with Crippen molar-refractivity contribution in [2.24, 2.45) is 0 Å². The lowest BCUT2D eigenvalue weighted by Gasteiger charge is -2.04. The Bertz CT molecular complexity index is 451. The first-order chi connectivity index (χ1) is 6.85. The van der Waals surface area contributed by atoms with Gasteiger partial charge in [-0.15, -0.1) is 0 Å². The van der Waals surface area contributed by atoms with Crippen molar-refractivity contribution in [2.75, 3.05) is 0 Å². The summed E-state index contributed by atoms with van der Waals surface area (Å²) in [4.78, 5) is 4.35. The van der Waals surface area contributed by atoms with Crippen LogP contribution in [0.3, 0.4) is 0 Å². The maximum absolute atomic E-state index is 9.17. The van der Waals surface area contributed by atoms with Crippen LogP contribution in [0, 0.1) is 0 Å². The summed E-state index contributed by atoms with van der Waals surface area (Å²) in [6.07, 6.45) is 2.87. The molecule has 0 aliphatic heterocycles. The van der Waals surface area contributed by atoms with Crippen molar-refractivity contribution in [2.45, 2.75) is 20.0 Å². The van der Waals surface area contributed by atoms with Crippen LogP contribution in [0.5, 0.6) is 0 Å². The Kier molecular flexibility index (Phi) is 2.46. The smallest absolute Gasteiger partial charge is 0.0705 e. The van der Waals surface area contributed by atoms with Gasteiger partial charge in [0.2, 0.25) is 0 Å². The second kappa shape index (κ2) is 3.76. The normalized spacial score (nSPS) is 10.7. The third-order valence-corrected chi connectivity index (χ3v) is 2.45. The van der Waals surface area contributed by atoms with E-state index in [2.05, 4.69) is 18.0 Å². The van der Waals surface area contributed by atoms with Gasteiger partial charge in [-0.05, 0) is 29.7 Å². The van der Waals surface area contributed by atoms with Gasteiger partial charge in [-0.3, -0.25) is 4.98 Å². The van der Waals surface area contributed by atoms with E-state index in [4.69, 9.17) is 0 Å². The third kappa shape index (κ3) is 1.49. The molecule has 0 saturated heterocycles. The van der Waals surface area contributed by atoms with Crippen LogP contribution >= 0.6 is 0 Å². The minimum Gasteiger partial charge on any atom is -0.392 e. The SMILES string of the molecule is CCc1cnc2cccc(CO)c2c1. The molecule has 2 nitrogen and oxygen atoms in total. The number of benzene rings is 1. The van der Waals surface area contributed by atoms with Crippen molar-refractivity contribution in [3.05, 3.63) is 41.6 Å². The van der Waals surface area contributed by atoms with Crippen LogP contribution in [0.25, 0.3) is 10.9 Å². The van der Waals surface area contributed by atoms with Crippen LogP contribution < -0.4 is 0 Å². The van der Waals surface area contributed by atoms with Gasteiger partial charge in [0.1, 0.15) is 0 Å². The van der Waals surface area contributed by atoms with E-state index in [1.807, 2.05) is 24.4 Å². The number of aromatic nitrogens is 1. The van der Waals surface area contributed by atoms with Crippen LogP contribution in [0.1, 0.15) is 18.1 Å². The Hall–Kier alpha value is -1.41. The number of hydrogen-bond donors (Lipinski definition) is 1. The Morgan fingerprint density at radius 1 is 1.36 bits per heavy atom. The molecule has 2 heteroatoms. The molecule has 0 amide bonds. The zero-order chi connectivity index (χ0) is 9.97. The van der Waals surface area contributed by atoms with E-state index in [0.717, 1.165) is 22.9 Å². The number of rotatable bonds is 2. The fourth-order valence-corrected chi connectivity index (χ4v) is 1.59. The molecule has 2 rings (SSSR count). The van der Waals surface area contributed by atoms with Gasteiger partial charge in [0.05, 0.1) is 12.1 Å². The largest absolute Gasteiger partial charge is 0.392 e. The van der Waals surface area contributed by atoms with Gasteiger partial charge in [-0.1, -0.05) is 19.1 Å². The summed E-state index contributed by atoms with van der Waals surface area (Å²) < 4.78 is 0. The molecule has 72 valence electrons. The number of hydrogen-bond acceptors (Lipinski definition) is 2. The van der Waals surface area contributed by atoms with Gasteiger partial charge < -0.3 is 5.11 Å². The molecule has 0 saturated carbocycles. The van der Waals surface area contributed by atoms with Crippen LogP contribution in [-0.4, -0.2) is 10.1 Å². The van der Waals surface area contributed by atoms with E-state index in [9.17, 15) is 5.11 Å². The minimum absolute atomic E-state index is 0.0756. The van der Waals surface area contributed by atoms with Crippen molar-refractivity contribution in [1.29, 1.82) is 0 Å². The number of fused-ring (bicyclic) bond motifs is 1. The lowest BCUT2D eigenvalue weighted by molar-refractivity contribution is 0.283. The molecule has 1 aromatic carbocycles. The van der Waals surface area contributed by atoms with Gasteiger partial charge in [-0.25, -0.2) is 0 Å². The van der Waals surface area contributed by atoms with Crippen molar-refractivity contribution in [3.8, 4) is 0 Å². The highest BCUT2D eigenvalue weighted by Gasteiger charge is 2.01. The summed E-state index contributed by atoms with van der Waals surface area (Å²) in [5.74, 6) is 0. The van der Waals surface area contributed by atoms with Crippen molar-refractivity contribution in [3.63, 3.8) is 0 Å². The minimum atomic E-state index is 0.0756. The maximum Gasteiger partial charge on any atom is 0.0705 e.